The van der Waals surface area contributed by atoms with Gasteiger partial charge in [0, 0.05) is 5.56 Å². The second-order valence-electron chi connectivity index (χ2n) is 5.12. The molecule has 2 aromatic carbocycles. The number of aromatic carboxylic acids is 1. The van der Waals surface area contributed by atoms with Gasteiger partial charge in [0.15, 0.2) is 11.5 Å². The largest absolute Gasteiger partial charge is 0.486 e. The molecular weight excluding hydrogens is 298 g/mol. The van der Waals surface area contributed by atoms with Crippen LogP contribution in [0.25, 0.3) is 0 Å². The molecule has 0 spiro atoms. The van der Waals surface area contributed by atoms with E-state index >= 15 is 0 Å². The third kappa shape index (κ3) is 2.96. The monoisotopic (exact) mass is 313 g/mol. The van der Waals surface area contributed by atoms with Crippen LogP contribution >= 0.6 is 0 Å². The predicted molar refractivity (Wildman–Crippen MR) is 83.5 cm³/mol. The Morgan fingerprint density at radius 1 is 1.09 bits per heavy atom. The Balaban J connectivity index is 1.89. The van der Waals surface area contributed by atoms with Crippen molar-refractivity contribution in [3.63, 3.8) is 0 Å². The Morgan fingerprint density at radius 2 is 1.83 bits per heavy atom. The van der Waals surface area contributed by atoms with Gasteiger partial charge < -0.3 is 19.9 Å². The average Bonchev–Trinajstić information content (AvgIpc) is 2.56. The summed E-state index contributed by atoms with van der Waals surface area (Å²) in [6.07, 6.45) is 0. The SMILES string of the molecule is Cc1cccc(C(=O)O)c1NC(=O)c1ccc2c(c1)OCCO2. The number of anilines is 1. The number of nitrogens with one attached hydrogen (secondary N) is 1. The van der Waals surface area contributed by atoms with E-state index < -0.39 is 11.9 Å². The zero-order valence-corrected chi connectivity index (χ0v) is 12.5. The maximum absolute atomic E-state index is 12.4. The quantitative estimate of drug-likeness (QED) is 0.910. The van der Waals surface area contributed by atoms with Crippen LogP contribution in [0.15, 0.2) is 36.4 Å². The van der Waals surface area contributed by atoms with Crippen LogP contribution in [0.5, 0.6) is 11.5 Å². The summed E-state index contributed by atoms with van der Waals surface area (Å²) in [4.78, 5) is 23.7. The highest BCUT2D eigenvalue weighted by Crippen LogP contribution is 2.31. The summed E-state index contributed by atoms with van der Waals surface area (Å²) in [6.45, 7) is 2.65. The summed E-state index contributed by atoms with van der Waals surface area (Å²) in [5.74, 6) is -0.396. The Kier molecular flexibility index (Phi) is 3.89. The van der Waals surface area contributed by atoms with E-state index in [-0.39, 0.29) is 5.56 Å². The van der Waals surface area contributed by atoms with E-state index in [1.165, 1.54) is 6.07 Å². The van der Waals surface area contributed by atoms with Crippen LogP contribution in [-0.2, 0) is 0 Å². The van der Waals surface area contributed by atoms with E-state index in [2.05, 4.69) is 5.32 Å². The number of ether oxygens (including phenoxy) is 2. The molecule has 0 unspecified atom stereocenters. The van der Waals surface area contributed by atoms with Gasteiger partial charge >= 0.3 is 5.97 Å². The van der Waals surface area contributed by atoms with Gasteiger partial charge in [-0.05, 0) is 36.8 Å². The number of fused-ring (bicyclic) bond motifs is 1. The molecule has 23 heavy (non-hydrogen) atoms. The van der Waals surface area contributed by atoms with Crippen molar-refractivity contribution in [3.05, 3.63) is 53.1 Å². The van der Waals surface area contributed by atoms with Crippen LogP contribution in [0, 0.1) is 6.92 Å². The molecule has 1 aliphatic rings. The van der Waals surface area contributed by atoms with Crippen molar-refractivity contribution in [2.24, 2.45) is 0 Å². The lowest BCUT2D eigenvalue weighted by Crippen LogP contribution is -2.18. The molecular formula is C17H15NO5. The van der Waals surface area contributed by atoms with Gasteiger partial charge in [0.25, 0.3) is 5.91 Å². The first kappa shape index (κ1) is 14.9. The molecule has 6 heteroatoms. The van der Waals surface area contributed by atoms with Gasteiger partial charge in [-0.25, -0.2) is 4.79 Å². The first-order chi connectivity index (χ1) is 11.1. The van der Waals surface area contributed by atoms with Crippen LogP contribution in [-0.4, -0.2) is 30.2 Å². The van der Waals surface area contributed by atoms with Crippen LogP contribution < -0.4 is 14.8 Å². The first-order valence-electron chi connectivity index (χ1n) is 7.10. The molecule has 0 atom stereocenters. The Hall–Kier alpha value is -3.02. The first-order valence-corrected chi connectivity index (χ1v) is 7.10. The molecule has 0 radical (unpaired) electrons. The van der Waals surface area contributed by atoms with E-state index in [0.717, 1.165) is 0 Å². The number of carboxylic acid groups (broad SMARTS) is 1. The van der Waals surface area contributed by atoms with E-state index in [1.807, 2.05) is 0 Å². The van der Waals surface area contributed by atoms with E-state index in [9.17, 15) is 14.7 Å². The van der Waals surface area contributed by atoms with Crippen molar-refractivity contribution in [3.8, 4) is 11.5 Å². The standard InChI is InChI=1S/C17H15NO5/c1-10-3-2-4-12(17(20)21)15(10)18-16(19)11-5-6-13-14(9-11)23-8-7-22-13/h2-6,9H,7-8H2,1H3,(H,18,19)(H,20,21). The second kappa shape index (κ2) is 6.00. The molecule has 0 saturated carbocycles. The number of hydrogen-bond donors (Lipinski definition) is 2. The lowest BCUT2D eigenvalue weighted by Gasteiger charge is -2.19. The predicted octanol–water partition coefficient (Wildman–Crippen LogP) is 2.72. The summed E-state index contributed by atoms with van der Waals surface area (Å²) in [6, 6.07) is 9.70. The maximum atomic E-state index is 12.4. The maximum Gasteiger partial charge on any atom is 0.337 e. The number of rotatable bonds is 3. The smallest absolute Gasteiger partial charge is 0.337 e. The van der Waals surface area contributed by atoms with Crippen molar-refractivity contribution >= 4 is 17.6 Å². The van der Waals surface area contributed by atoms with Crippen molar-refractivity contribution in [2.75, 3.05) is 18.5 Å². The van der Waals surface area contributed by atoms with Gasteiger partial charge in [0.2, 0.25) is 0 Å². The van der Waals surface area contributed by atoms with Crippen molar-refractivity contribution in [1.82, 2.24) is 0 Å². The molecule has 0 aliphatic carbocycles. The molecule has 1 aliphatic heterocycles. The number of benzene rings is 2. The highest BCUT2D eigenvalue weighted by Gasteiger charge is 2.18. The van der Waals surface area contributed by atoms with Gasteiger partial charge in [0.1, 0.15) is 13.2 Å². The summed E-state index contributed by atoms with van der Waals surface area (Å²) in [7, 11) is 0. The molecule has 0 aromatic heterocycles. The lowest BCUT2D eigenvalue weighted by molar-refractivity contribution is 0.0698. The molecule has 6 nitrogen and oxygen atoms in total. The van der Waals surface area contributed by atoms with Crippen LogP contribution in [0.4, 0.5) is 5.69 Å². The normalized spacial score (nSPS) is 12.6. The Morgan fingerprint density at radius 3 is 2.57 bits per heavy atom. The minimum Gasteiger partial charge on any atom is -0.486 e. The molecule has 3 rings (SSSR count). The zero-order valence-electron chi connectivity index (χ0n) is 12.5. The summed E-state index contributed by atoms with van der Waals surface area (Å²) < 4.78 is 10.9. The third-order valence-electron chi connectivity index (χ3n) is 3.55. The lowest BCUT2D eigenvalue weighted by atomic mass is 10.1. The molecule has 118 valence electrons. The summed E-state index contributed by atoms with van der Waals surface area (Å²) in [5.41, 5.74) is 1.39. The molecule has 0 bridgehead atoms. The van der Waals surface area contributed by atoms with Gasteiger partial charge in [-0.15, -0.1) is 0 Å². The zero-order chi connectivity index (χ0) is 16.4. The Bertz CT molecular complexity index is 785. The number of carbonyl (C=O) groups is 2. The fraction of sp³-hybridized carbons (Fsp3) is 0.176. The van der Waals surface area contributed by atoms with Crippen molar-refractivity contribution in [2.45, 2.75) is 6.92 Å². The number of carboxylic acids is 1. The van der Waals surface area contributed by atoms with E-state index in [1.54, 1.807) is 37.3 Å². The van der Waals surface area contributed by atoms with Crippen LogP contribution in [0.1, 0.15) is 26.3 Å². The highest BCUT2D eigenvalue weighted by atomic mass is 16.6. The number of carbonyl (C=O) groups excluding carboxylic acids is 1. The van der Waals surface area contributed by atoms with Crippen molar-refractivity contribution < 1.29 is 24.2 Å². The van der Waals surface area contributed by atoms with Crippen LogP contribution in [0.2, 0.25) is 0 Å². The minimum absolute atomic E-state index is 0.0518. The molecule has 2 aromatic rings. The molecule has 1 amide bonds. The van der Waals surface area contributed by atoms with Gasteiger partial charge in [-0.2, -0.15) is 0 Å². The minimum atomic E-state index is -1.09. The molecule has 0 fully saturated rings. The van der Waals surface area contributed by atoms with Gasteiger partial charge in [-0.3, -0.25) is 4.79 Å². The number of aryl methyl sites for hydroxylation is 1. The summed E-state index contributed by atoms with van der Waals surface area (Å²) >= 11 is 0. The Labute approximate surface area is 132 Å². The topological polar surface area (TPSA) is 84.9 Å². The molecule has 1 heterocycles. The summed E-state index contributed by atoms with van der Waals surface area (Å²) in [5, 5.41) is 11.9. The fourth-order valence-corrected chi connectivity index (χ4v) is 2.38. The average molecular weight is 313 g/mol. The fourth-order valence-electron chi connectivity index (χ4n) is 2.38. The second-order valence-corrected chi connectivity index (χ2v) is 5.12. The van der Waals surface area contributed by atoms with E-state index in [0.29, 0.717) is 41.5 Å². The molecule has 2 N–H and O–H groups in total. The third-order valence-corrected chi connectivity index (χ3v) is 3.55. The van der Waals surface area contributed by atoms with Gasteiger partial charge in [-0.1, -0.05) is 12.1 Å². The van der Waals surface area contributed by atoms with Crippen molar-refractivity contribution in [1.29, 1.82) is 0 Å². The number of amides is 1. The van der Waals surface area contributed by atoms with E-state index in [4.69, 9.17) is 9.47 Å². The van der Waals surface area contributed by atoms with Gasteiger partial charge in [0.05, 0.1) is 11.3 Å². The van der Waals surface area contributed by atoms with Crippen LogP contribution in [0.3, 0.4) is 0 Å². The number of hydrogen-bond acceptors (Lipinski definition) is 4. The molecule has 0 saturated heterocycles. The highest BCUT2D eigenvalue weighted by molar-refractivity contribution is 6.08. The number of para-hydroxylation sites is 1.